The molecule has 0 aliphatic heterocycles. The number of aldehydes is 1. The van der Waals surface area contributed by atoms with Gasteiger partial charge in [0.2, 0.25) is 0 Å². The van der Waals surface area contributed by atoms with Crippen molar-refractivity contribution in [2.45, 2.75) is 19.5 Å². The second-order valence-electron chi connectivity index (χ2n) is 3.20. The van der Waals surface area contributed by atoms with Crippen LogP contribution in [0.1, 0.15) is 23.1 Å². The summed E-state index contributed by atoms with van der Waals surface area (Å²) in [6, 6.07) is 3.86. The number of carbonyl (C=O) groups excluding carboxylic acids is 1. The van der Waals surface area contributed by atoms with Crippen molar-refractivity contribution >= 4 is 6.29 Å². The molecule has 0 amide bonds. The van der Waals surface area contributed by atoms with Gasteiger partial charge in [-0.25, -0.2) is 0 Å². The van der Waals surface area contributed by atoms with Crippen LogP contribution in [0.5, 0.6) is 0 Å². The van der Waals surface area contributed by atoms with E-state index in [1.807, 2.05) is 0 Å². The van der Waals surface area contributed by atoms with Crippen molar-refractivity contribution in [3.63, 3.8) is 0 Å². The number of aryl methyl sites for hydroxylation is 1. The van der Waals surface area contributed by atoms with Gasteiger partial charge in [0.05, 0.1) is 12.0 Å². The van der Waals surface area contributed by atoms with Gasteiger partial charge in [0, 0.05) is 5.56 Å². The van der Waals surface area contributed by atoms with E-state index in [4.69, 9.17) is 0 Å². The zero-order valence-corrected chi connectivity index (χ0v) is 8.56. The molecule has 0 fully saturated rings. The summed E-state index contributed by atoms with van der Waals surface area (Å²) in [5.41, 5.74) is -0.265. The van der Waals surface area contributed by atoms with Gasteiger partial charge in [0.1, 0.15) is 6.29 Å². The summed E-state index contributed by atoms with van der Waals surface area (Å²) in [4.78, 5) is 9.99. The lowest BCUT2D eigenvalue weighted by Gasteiger charge is -2.09. The second-order valence-corrected chi connectivity index (χ2v) is 3.20. The zero-order valence-electron chi connectivity index (χ0n) is 8.56. The standard InChI is InChI=1S/C12H9F3O/c1-9-5-6-10(4-2-3-7-16)8-11(9)12(13,14)15/h5-8H,3H2,1H3. The molecule has 0 atom stereocenters. The van der Waals surface area contributed by atoms with Crippen LogP contribution in [0.2, 0.25) is 0 Å². The van der Waals surface area contributed by atoms with E-state index in [2.05, 4.69) is 11.8 Å². The van der Waals surface area contributed by atoms with E-state index in [-0.39, 0.29) is 17.5 Å². The SMILES string of the molecule is Cc1ccc(C#CCC=O)cc1C(F)(F)F. The van der Waals surface area contributed by atoms with Crippen molar-refractivity contribution in [3.8, 4) is 11.8 Å². The molecule has 0 heterocycles. The molecule has 0 bridgehead atoms. The summed E-state index contributed by atoms with van der Waals surface area (Å²) in [7, 11) is 0. The zero-order chi connectivity index (χ0) is 12.2. The monoisotopic (exact) mass is 226 g/mol. The highest BCUT2D eigenvalue weighted by atomic mass is 19.4. The van der Waals surface area contributed by atoms with Crippen LogP contribution in [-0.2, 0) is 11.0 Å². The largest absolute Gasteiger partial charge is 0.416 e. The van der Waals surface area contributed by atoms with Crippen molar-refractivity contribution in [1.29, 1.82) is 0 Å². The minimum Gasteiger partial charge on any atom is -0.302 e. The van der Waals surface area contributed by atoms with E-state index in [9.17, 15) is 18.0 Å². The van der Waals surface area contributed by atoms with Crippen molar-refractivity contribution in [3.05, 3.63) is 34.9 Å². The fourth-order valence-electron chi connectivity index (χ4n) is 1.20. The van der Waals surface area contributed by atoms with E-state index in [0.717, 1.165) is 6.07 Å². The first-order chi connectivity index (χ1) is 7.45. The van der Waals surface area contributed by atoms with Crippen molar-refractivity contribution in [2.75, 3.05) is 0 Å². The van der Waals surface area contributed by atoms with E-state index in [0.29, 0.717) is 6.29 Å². The molecule has 16 heavy (non-hydrogen) atoms. The molecule has 0 aliphatic carbocycles. The quantitative estimate of drug-likeness (QED) is 0.531. The Morgan fingerprint density at radius 1 is 1.38 bits per heavy atom. The molecular formula is C12H9F3O. The summed E-state index contributed by atoms with van der Waals surface area (Å²) in [5.74, 6) is 4.97. The normalized spacial score (nSPS) is 10.5. The molecule has 4 heteroatoms. The molecule has 0 aliphatic rings. The van der Waals surface area contributed by atoms with Gasteiger partial charge in [-0.3, -0.25) is 0 Å². The first-order valence-electron chi connectivity index (χ1n) is 4.55. The predicted molar refractivity (Wildman–Crippen MR) is 53.7 cm³/mol. The number of hydrogen-bond donors (Lipinski definition) is 0. The number of hydrogen-bond acceptors (Lipinski definition) is 1. The van der Waals surface area contributed by atoms with Crippen LogP contribution in [0.15, 0.2) is 18.2 Å². The van der Waals surface area contributed by atoms with Gasteiger partial charge in [-0.1, -0.05) is 17.9 Å². The van der Waals surface area contributed by atoms with Gasteiger partial charge < -0.3 is 4.79 Å². The number of alkyl halides is 3. The van der Waals surface area contributed by atoms with Crippen molar-refractivity contribution < 1.29 is 18.0 Å². The van der Waals surface area contributed by atoms with Crippen LogP contribution >= 0.6 is 0 Å². The number of carbonyl (C=O) groups is 1. The number of rotatable bonds is 1. The van der Waals surface area contributed by atoms with Crippen molar-refractivity contribution in [1.82, 2.24) is 0 Å². The summed E-state index contributed by atoms with van der Waals surface area (Å²) < 4.78 is 37.5. The van der Waals surface area contributed by atoms with Crippen LogP contribution < -0.4 is 0 Å². The second kappa shape index (κ2) is 4.84. The van der Waals surface area contributed by atoms with Gasteiger partial charge in [0.15, 0.2) is 0 Å². The third-order valence-corrected chi connectivity index (χ3v) is 1.96. The van der Waals surface area contributed by atoms with Gasteiger partial charge in [-0.15, -0.1) is 0 Å². The highest BCUT2D eigenvalue weighted by Gasteiger charge is 2.32. The Kier molecular flexibility index (Phi) is 3.73. The molecule has 0 spiro atoms. The average molecular weight is 226 g/mol. The van der Waals surface area contributed by atoms with Crippen LogP contribution in [0.3, 0.4) is 0 Å². The molecule has 0 saturated heterocycles. The van der Waals surface area contributed by atoms with E-state index in [1.54, 1.807) is 0 Å². The van der Waals surface area contributed by atoms with Gasteiger partial charge >= 0.3 is 6.18 Å². The maximum atomic E-state index is 12.5. The summed E-state index contributed by atoms with van der Waals surface area (Å²) >= 11 is 0. The topological polar surface area (TPSA) is 17.1 Å². The molecule has 1 rings (SSSR count). The lowest BCUT2D eigenvalue weighted by Crippen LogP contribution is -2.07. The molecule has 0 N–H and O–H groups in total. The molecular weight excluding hydrogens is 217 g/mol. The van der Waals surface area contributed by atoms with E-state index < -0.39 is 11.7 Å². The molecule has 1 aromatic rings. The Hall–Kier alpha value is -1.76. The minimum atomic E-state index is -4.37. The maximum absolute atomic E-state index is 12.5. The third-order valence-electron chi connectivity index (χ3n) is 1.96. The summed E-state index contributed by atoms with van der Waals surface area (Å²) in [5, 5.41) is 0. The first-order valence-corrected chi connectivity index (χ1v) is 4.55. The molecule has 1 nitrogen and oxygen atoms in total. The molecule has 0 aromatic heterocycles. The smallest absolute Gasteiger partial charge is 0.302 e. The Balaban J connectivity index is 3.09. The number of halogens is 3. The molecule has 0 radical (unpaired) electrons. The van der Waals surface area contributed by atoms with Crippen LogP contribution in [0, 0.1) is 18.8 Å². The van der Waals surface area contributed by atoms with Crippen molar-refractivity contribution in [2.24, 2.45) is 0 Å². The van der Waals surface area contributed by atoms with Crippen LogP contribution in [-0.4, -0.2) is 6.29 Å². The molecule has 0 unspecified atom stereocenters. The van der Waals surface area contributed by atoms with Gasteiger partial charge in [-0.05, 0) is 24.6 Å². The Morgan fingerprint density at radius 3 is 2.62 bits per heavy atom. The highest BCUT2D eigenvalue weighted by molar-refractivity contribution is 5.55. The first kappa shape index (κ1) is 12.3. The molecule has 0 saturated carbocycles. The fraction of sp³-hybridized carbons (Fsp3) is 0.250. The van der Waals surface area contributed by atoms with Crippen LogP contribution in [0.25, 0.3) is 0 Å². The summed E-state index contributed by atoms with van der Waals surface area (Å²) in [6.45, 7) is 1.39. The summed E-state index contributed by atoms with van der Waals surface area (Å²) in [6.07, 6.45) is -3.74. The Morgan fingerprint density at radius 2 is 2.06 bits per heavy atom. The Labute approximate surface area is 91.3 Å². The maximum Gasteiger partial charge on any atom is 0.416 e. The molecule has 1 aromatic carbocycles. The lowest BCUT2D eigenvalue weighted by molar-refractivity contribution is -0.138. The Bertz CT molecular complexity index is 450. The predicted octanol–water partition coefficient (Wildman–Crippen LogP) is 2.95. The highest BCUT2D eigenvalue weighted by Crippen LogP contribution is 2.32. The van der Waals surface area contributed by atoms with Gasteiger partial charge in [-0.2, -0.15) is 13.2 Å². The lowest BCUT2D eigenvalue weighted by atomic mass is 10.0. The molecule has 84 valence electrons. The fourth-order valence-corrected chi connectivity index (χ4v) is 1.20. The number of benzene rings is 1. The minimum absolute atomic E-state index is 0.0230. The van der Waals surface area contributed by atoms with Gasteiger partial charge in [0.25, 0.3) is 0 Å². The van der Waals surface area contributed by atoms with Crippen LogP contribution in [0.4, 0.5) is 13.2 Å². The van der Waals surface area contributed by atoms with E-state index >= 15 is 0 Å². The average Bonchev–Trinajstić information content (AvgIpc) is 2.19. The van der Waals surface area contributed by atoms with E-state index in [1.165, 1.54) is 19.1 Å². The third kappa shape index (κ3) is 3.13.